The summed E-state index contributed by atoms with van der Waals surface area (Å²) in [6.45, 7) is 13.5. The lowest BCUT2D eigenvalue weighted by molar-refractivity contribution is 0.377. The molecule has 0 N–H and O–H groups in total. The summed E-state index contributed by atoms with van der Waals surface area (Å²) < 4.78 is 2.27. The average Bonchev–Trinajstić information content (AvgIpc) is 2.67. The van der Waals surface area contributed by atoms with Crippen LogP contribution in [0.5, 0.6) is 0 Å². The van der Waals surface area contributed by atoms with E-state index in [9.17, 15) is 0 Å². The molecule has 110 valence electrons. The highest BCUT2D eigenvalue weighted by atomic mass is 15.3. The molecule has 19 heavy (non-hydrogen) atoms. The molecule has 1 rings (SSSR count). The third kappa shape index (κ3) is 4.07. The minimum absolute atomic E-state index is 0.546. The molecule has 0 unspecified atom stereocenters. The van der Waals surface area contributed by atoms with Gasteiger partial charge in [-0.2, -0.15) is 5.10 Å². The predicted octanol–water partition coefficient (Wildman–Crippen LogP) is 3.64. The van der Waals surface area contributed by atoms with Crippen molar-refractivity contribution in [2.45, 2.75) is 65.8 Å². The standard InChI is InChI=1S/C16H31N3/c1-8-14-15(12(2)3)16(13(4)5)19(17-14)11-9-10-18(6)7/h12-13H,8-11H2,1-7H3. The number of aromatic nitrogens is 2. The second-order valence-corrected chi connectivity index (χ2v) is 6.29. The Kier molecular flexibility index (Phi) is 6.05. The molecule has 0 radical (unpaired) electrons. The highest BCUT2D eigenvalue weighted by Gasteiger charge is 2.21. The van der Waals surface area contributed by atoms with Gasteiger partial charge in [0.25, 0.3) is 0 Å². The summed E-state index contributed by atoms with van der Waals surface area (Å²) in [6.07, 6.45) is 2.20. The van der Waals surface area contributed by atoms with Crippen molar-refractivity contribution in [3.63, 3.8) is 0 Å². The summed E-state index contributed by atoms with van der Waals surface area (Å²) >= 11 is 0. The number of hydrogen-bond acceptors (Lipinski definition) is 2. The van der Waals surface area contributed by atoms with Crippen LogP contribution in [0.4, 0.5) is 0 Å². The van der Waals surface area contributed by atoms with Gasteiger partial charge in [-0.3, -0.25) is 4.68 Å². The maximum Gasteiger partial charge on any atom is 0.0659 e. The van der Waals surface area contributed by atoms with Crippen LogP contribution in [0.1, 0.15) is 69.8 Å². The van der Waals surface area contributed by atoms with Crippen molar-refractivity contribution >= 4 is 0 Å². The molecular weight excluding hydrogens is 234 g/mol. The van der Waals surface area contributed by atoms with Crippen LogP contribution in [0, 0.1) is 0 Å². The molecule has 0 bridgehead atoms. The summed E-state index contributed by atoms with van der Waals surface area (Å²) in [5.41, 5.74) is 4.23. The number of nitrogens with zero attached hydrogens (tertiary/aromatic N) is 3. The number of hydrogen-bond donors (Lipinski definition) is 0. The Hall–Kier alpha value is -0.830. The number of rotatable bonds is 7. The third-order valence-corrected chi connectivity index (χ3v) is 3.54. The zero-order chi connectivity index (χ0) is 14.6. The summed E-state index contributed by atoms with van der Waals surface area (Å²) in [4.78, 5) is 2.24. The van der Waals surface area contributed by atoms with Gasteiger partial charge in [-0.15, -0.1) is 0 Å². The molecule has 0 amide bonds. The molecule has 3 nitrogen and oxygen atoms in total. The van der Waals surface area contributed by atoms with E-state index >= 15 is 0 Å². The van der Waals surface area contributed by atoms with Gasteiger partial charge in [-0.05, 0) is 50.9 Å². The van der Waals surface area contributed by atoms with Gasteiger partial charge in [0, 0.05) is 12.2 Å². The van der Waals surface area contributed by atoms with E-state index in [-0.39, 0.29) is 0 Å². The maximum atomic E-state index is 4.87. The van der Waals surface area contributed by atoms with E-state index in [0.29, 0.717) is 11.8 Å². The van der Waals surface area contributed by atoms with Crippen LogP contribution >= 0.6 is 0 Å². The topological polar surface area (TPSA) is 21.1 Å². The average molecular weight is 265 g/mol. The van der Waals surface area contributed by atoms with Crippen molar-refractivity contribution in [1.82, 2.24) is 14.7 Å². The first-order chi connectivity index (χ1) is 8.88. The van der Waals surface area contributed by atoms with Crippen LogP contribution < -0.4 is 0 Å². The van der Waals surface area contributed by atoms with Gasteiger partial charge in [0.1, 0.15) is 0 Å². The molecule has 0 aliphatic heterocycles. The first-order valence-corrected chi connectivity index (χ1v) is 7.62. The van der Waals surface area contributed by atoms with Crippen LogP contribution in [0.25, 0.3) is 0 Å². The van der Waals surface area contributed by atoms with Gasteiger partial charge in [-0.25, -0.2) is 0 Å². The molecule has 0 spiro atoms. The Labute approximate surface area is 119 Å². The lowest BCUT2D eigenvalue weighted by Gasteiger charge is -2.16. The Morgan fingerprint density at radius 3 is 2.16 bits per heavy atom. The van der Waals surface area contributed by atoms with Crippen LogP contribution in [-0.4, -0.2) is 35.3 Å². The predicted molar refractivity (Wildman–Crippen MR) is 83.0 cm³/mol. The van der Waals surface area contributed by atoms with E-state index in [2.05, 4.69) is 58.3 Å². The highest BCUT2D eigenvalue weighted by molar-refractivity contribution is 5.32. The fourth-order valence-corrected chi connectivity index (χ4v) is 2.75. The molecule has 0 aliphatic carbocycles. The molecule has 0 saturated heterocycles. The first kappa shape index (κ1) is 16.2. The van der Waals surface area contributed by atoms with E-state index in [4.69, 9.17) is 5.10 Å². The molecule has 1 aromatic rings. The lowest BCUT2D eigenvalue weighted by Crippen LogP contribution is -2.16. The molecule has 1 heterocycles. The van der Waals surface area contributed by atoms with Crippen LogP contribution in [0.2, 0.25) is 0 Å². The van der Waals surface area contributed by atoms with Crippen molar-refractivity contribution in [2.75, 3.05) is 20.6 Å². The SMILES string of the molecule is CCc1nn(CCCN(C)C)c(C(C)C)c1C(C)C. The summed E-state index contributed by atoms with van der Waals surface area (Å²) in [5, 5.41) is 4.87. The van der Waals surface area contributed by atoms with Gasteiger partial charge < -0.3 is 4.90 Å². The van der Waals surface area contributed by atoms with E-state index < -0.39 is 0 Å². The lowest BCUT2D eigenvalue weighted by atomic mass is 9.94. The zero-order valence-corrected chi connectivity index (χ0v) is 13.8. The van der Waals surface area contributed by atoms with Gasteiger partial charge in [0.15, 0.2) is 0 Å². The quantitative estimate of drug-likeness (QED) is 0.750. The molecule has 0 fully saturated rings. The fourth-order valence-electron chi connectivity index (χ4n) is 2.75. The fraction of sp³-hybridized carbons (Fsp3) is 0.812. The van der Waals surface area contributed by atoms with Crippen molar-refractivity contribution in [3.05, 3.63) is 17.0 Å². The molecule has 0 aliphatic rings. The van der Waals surface area contributed by atoms with E-state index in [1.807, 2.05) is 0 Å². The normalized spacial score (nSPS) is 12.1. The minimum atomic E-state index is 0.546. The number of aryl methyl sites for hydroxylation is 2. The smallest absolute Gasteiger partial charge is 0.0659 e. The van der Waals surface area contributed by atoms with Crippen molar-refractivity contribution in [2.24, 2.45) is 0 Å². The summed E-state index contributed by atoms with van der Waals surface area (Å²) in [6, 6.07) is 0. The maximum absolute atomic E-state index is 4.87. The van der Waals surface area contributed by atoms with Crippen molar-refractivity contribution < 1.29 is 0 Å². The van der Waals surface area contributed by atoms with E-state index in [1.54, 1.807) is 0 Å². The monoisotopic (exact) mass is 265 g/mol. The van der Waals surface area contributed by atoms with Crippen LogP contribution in [0.15, 0.2) is 0 Å². The van der Waals surface area contributed by atoms with Gasteiger partial charge >= 0.3 is 0 Å². The molecule has 0 saturated carbocycles. The van der Waals surface area contributed by atoms with Crippen LogP contribution in [0.3, 0.4) is 0 Å². The van der Waals surface area contributed by atoms with Crippen molar-refractivity contribution in [3.8, 4) is 0 Å². The van der Waals surface area contributed by atoms with Gasteiger partial charge in [0.05, 0.1) is 5.69 Å². The van der Waals surface area contributed by atoms with Gasteiger partial charge in [-0.1, -0.05) is 34.6 Å². The molecular formula is C16H31N3. The van der Waals surface area contributed by atoms with Crippen LogP contribution in [-0.2, 0) is 13.0 Å². The largest absolute Gasteiger partial charge is 0.309 e. The summed E-state index contributed by atoms with van der Waals surface area (Å²) in [7, 11) is 4.26. The van der Waals surface area contributed by atoms with E-state index in [0.717, 1.165) is 25.9 Å². The second kappa shape index (κ2) is 7.09. The molecule has 3 heteroatoms. The Morgan fingerprint density at radius 2 is 1.74 bits per heavy atom. The first-order valence-electron chi connectivity index (χ1n) is 7.62. The minimum Gasteiger partial charge on any atom is -0.309 e. The Morgan fingerprint density at radius 1 is 1.11 bits per heavy atom. The molecule has 0 aromatic carbocycles. The second-order valence-electron chi connectivity index (χ2n) is 6.29. The van der Waals surface area contributed by atoms with Crippen molar-refractivity contribution in [1.29, 1.82) is 0 Å². The third-order valence-electron chi connectivity index (χ3n) is 3.54. The summed E-state index contributed by atoms with van der Waals surface area (Å²) in [5.74, 6) is 1.11. The Bertz CT molecular complexity index is 389. The molecule has 1 aromatic heterocycles. The highest BCUT2D eigenvalue weighted by Crippen LogP contribution is 2.29. The zero-order valence-electron chi connectivity index (χ0n) is 13.8. The Balaban J connectivity index is 3.02. The van der Waals surface area contributed by atoms with Gasteiger partial charge in [0.2, 0.25) is 0 Å². The molecule has 0 atom stereocenters. The van der Waals surface area contributed by atoms with E-state index in [1.165, 1.54) is 17.0 Å².